The first-order valence-corrected chi connectivity index (χ1v) is 9.46. The number of pyridine rings is 1. The predicted molar refractivity (Wildman–Crippen MR) is 106 cm³/mol. The van der Waals surface area contributed by atoms with Gasteiger partial charge in [0.05, 0.1) is 16.4 Å². The minimum Gasteiger partial charge on any atom is -0.395 e. The molecule has 4 N–H and O–H groups in total. The quantitative estimate of drug-likeness (QED) is 0.373. The van der Waals surface area contributed by atoms with Crippen molar-refractivity contribution in [2.45, 2.75) is 17.1 Å². The molecule has 1 aliphatic rings. The van der Waals surface area contributed by atoms with Gasteiger partial charge in [-0.25, -0.2) is 18.8 Å². The number of amides is 1. The second-order valence-corrected chi connectivity index (χ2v) is 8.12. The molecule has 1 aliphatic carbocycles. The predicted octanol–water partition coefficient (Wildman–Crippen LogP) is 3.32. The number of hydrogen-bond acceptors (Lipinski definition) is 5. The lowest BCUT2D eigenvalue weighted by atomic mass is 10.1. The molecule has 0 spiro atoms. The molecule has 1 saturated carbocycles. The summed E-state index contributed by atoms with van der Waals surface area (Å²) in [6.07, 6.45) is 1.80. The molecule has 1 heterocycles. The molecular formula is C18H17ClF2N4O2S. The fourth-order valence-electron chi connectivity index (χ4n) is 2.89. The van der Waals surface area contributed by atoms with Gasteiger partial charge in [-0.05, 0) is 42.3 Å². The second-order valence-electron chi connectivity index (χ2n) is 6.25. The van der Waals surface area contributed by atoms with Gasteiger partial charge in [0, 0.05) is 17.8 Å². The highest BCUT2D eigenvalue weighted by molar-refractivity contribution is 8.15. The number of rotatable bonds is 6. The number of aromatic nitrogens is 1. The molecule has 2 aromatic rings. The van der Waals surface area contributed by atoms with E-state index in [1.807, 2.05) is 0 Å². The van der Waals surface area contributed by atoms with Crippen molar-refractivity contribution in [1.29, 1.82) is 0 Å². The van der Waals surface area contributed by atoms with Crippen molar-refractivity contribution >= 4 is 40.1 Å². The molecule has 0 saturated heterocycles. The molecule has 10 heteroatoms. The first kappa shape index (κ1) is 20.5. The van der Waals surface area contributed by atoms with Gasteiger partial charge in [-0.1, -0.05) is 23.4 Å². The van der Waals surface area contributed by atoms with E-state index in [1.165, 1.54) is 30.5 Å². The number of alkyl halides is 1. The fourth-order valence-corrected chi connectivity index (χ4v) is 4.12. The van der Waals surface area contributed by atoms with Crippen LogP contribution in [0.25, 0.3) is 0 Å². The van der Waals surface area contributed by atoms with E-state index in [0.29, 0.717) is 22.7 Å². The summed E-state index contributed by atoms with van der Waals surface area (Å²) in [6, 6.07) is 7.20. The Morgan fingerprint density at radius 1 is 1.46 bits per heavy atom. The van der Waals surface area contributed by atoms with Crippen molar-refractivity contribution in [3.05, 3.63) is 58.6 Å². The number of hydrogen-bond donors (Lipinski definition) is 3. The highest BCUT2D eigenvalue weighted by Crippen LogP contribution is 2.60. The number of anilines is 1. The standard InChI is InChI=1S/C18H17ClF2N4O2S/c19-10-1-4-15(23-7-10)16(27)25-11-2-3-14(21)12(5-11)13-6-18(13,8-26)28-17(22)24-9-20/h1-5,7,13,26H,6,8-9H2,(H2,22,24)(H,25,27)/t13-,18+/m1/s1. The number of nitrogens with zero attached hydrogens (tertiary/aromatic N) is 2. The first-order chi connectivity index (χ1) is 13.4. The van der Waals surface area contributed by atoms with Crippen LogP contribution in [-0.4, -0.2) is 39.3 Å². The lowest BCUT2D eigenvalue weighted by Crippen LogP contribution is -2.20. The van der Waals surface area contributed by atoms with Gasteiger partial charge in [-0.3, -0.25) is 4.79 Å². The fraction of sp³-hybridized carbons (Fsp3) is 0.278. The Labute approximate surface area is 169 Å². The molecule has 0 bridgehead atoms. The van der Waals surface area contributed by atoms with Crippen LogP contribution in [0.5, 0.6) is 0 Å². The van der Waals surface area contributed by atoms with Crippen LogP contribution in [0.2, 0.25) is 5.02 Å². The first-order valence-electron chi connectivity index (χ1n) is 8.26. The molecule has 6 nitrogen and oxygen atoms in total. The number of nitrogens with two attached hydrogens (primary N) is 1. The van der Waals surface area contributed by atoms with Crippen LogP contribution >= 0.6 is 23.4 Å². The van der Waals surface area contributed by atoms with Crippen molar-refractivity contribution in [2.24, 2.45) is 10.7 Å². The molecular weight excluding hydrogens is 410 g/mol. The summed E-state index contributed by atoms with van der Waals surface area (Å²) in [4.78, 5) is 19.7. The molecule has 3 rings (SSSR count). The van der Waals surface area contributed by atoms with E-state index >= 15 is 0 Å². The number of carbonyl (C=O) groups excluding carboxylic acids is 1. The molecule has 0 radical (unpaired) electrons. The Kier molecular flexibility index (Phi) is 6.17. The number of benzene rings is 1. The van der Waals surface area contributed by atoms with E-state index in [2.05, 4.69) is 15.3 Å². The van der Waals surface area contributed by atoms with Crippen LogP contribution in [0.1, 0.15) is 28.4 Å². The summed E-state index contributed by atoms with van der Waals surface area (Å²) in [7, 11) is 0. The van der Waals surface area contributed by atoms with Crippen LogP contribution < -0.4 is 11.1 Å². The minimum absolute atomic E-state index is 0.00210. The van der Waals surface area contributed by atoms with E-state index < -0.39 is 23.3 Å². The van der Waals surface area contributed by atoms with Crippen LogP contribution in [0.15, 0.2) is 41.5 Å². The number of thioether (sulfide) groups is 1. The Morgan fingerprint density at radius 3 is 2.89 bits per heavy atom. The molecule has 148 valence electrons. The van der Waals surface area contributed by atoms with E-state index in [4.69, 9.17) is 17.3 Å². The molecule has 28 heavy (non-hydrogen) atoms. The Hall–Kier alpha value is -2.23. The number of aliphatic hydroxyl groups excluding tert-OH is 1. The van der Waals surface area contributed by atoms with Gasteiger partial charge in [0.1, 0.15) is 11.5 Å². The van der Waals surface area contributed by atoms with Crippen molar-refractivity contribution in [3.63, 3.8) is 0 Å². The average molecular weight is 427 g/mol. The summed E-state index contributed by atoms with van der Waals surface area (Å²) in [5.74, 6) is -1.28. The Bertz CT molecular complexity index is 913. The molecule has 1 amide bonds. The Balaban J connectivity index is 1.78. The van der Waals surface area contributed by atoms with Crippen molar-refractivity contribution in [3.8, 4) is 0 Å². The van der Waals surface area contributed by atoms with Gasteiger partial charge in [0.25, 0.3) is 5.91 Å². The third-order valence-electron chi connectivity index (χ3n) is 4.40. The highest BCUT2D eigenvalue weighted by Gasteiger charge is 2.56. The topological polar surface area (TPSA) is 101 Å². The summed E-state index contributed by atoms with van der Waals surface area (Å²) in [5, 5.41) is 12.8. The van der Waals surface area contributed by atoms with Gasteiger partial charge < -0.3 is 16.2 Å². The molecule has 1 aromatic carbocycles. The highest BCUT2D eigenvalue weighted by atomic mass is 35.5. The van der Waals surface area contributed by atoms with Crippen molar-refractivity contribution < 1.29 is 18.7 Å². The largest absolute Gasteiger partial charge is 0.395 e. The summed E-state index contributed by atoms with van der Waals surface area (Å²) in [6.45, 7) is -1.23. The zero-order valence-corrected chi connectivity index (χ0v) is 16.1. The van der Waals surface area contributed by atoms with E-state index in [9.17, 15) is 18.7 Å². The maximum absolute atomic E-state index is 14.4. The Morgan fingerprint density at radius 2 is 2.25 bits per heavy atom. The number of amidine groups is 1. The minimum atomic E-state index is -0.959. The maximum atomic E-state index is 14.4. The summed E-state index contributed by atoms with van der Waals surface area (Å²) in [5.41, 5.74) is 6.51. The lowest BCUT2D eigenvalue weighted by molar-refractivity contribution is 0.102. The van der Waals surface area contributed by atoms with Gasteiger partial charge in [-0.2, -0.15) is 0 Å². The SMILES string of the molecule is NC(=NCF)S[C@]1(CO)C[C@@H]1c1cc(NC(=O)c2ccc(Cl)cn2)ccc1F. The van der Waals surface area contributed by atoms with Gasteiger partial charge in [0.2, 0.25) is 0 Å². The monoisotopic (exact) mass is 426 g/mol. The third kappa shape index (κ3) is 4.43. The van der Waals surface area contributed by atoms with Crippen molar-refractivity contribution in [1.82, 2.24) is 4.98 Å². The lowest BCUT2D eigenvalue weighted by Gasteiger charge is -2.15. The molecule has 0 unspecified atom stereocenters. The zero-order chi connectivity index (χ0) is 20.3. The van der Waals surface area contributed by atoms with Gasteiger partial charge in [-0.15, -0.1) is 0 Å². The number of nitrogens with one attached hydrogen (secondary N) is 1. The number of aliphatic imine (C=N–C) groups is 1. The maximum Gasteiger partial charge on any atom is 0.274 e. The van der Waals surface area contributed by atoms with Gasteiger partial charge >= 0.3 is 0 Å². The number of halogens is 3. The second kappa shape index (κ2) is 8.42. The number of aliphatic hydroxyl groups is 1. The average Bonchev–Trinajstić information content (AvgIpc) is 3.38. The van der Waals surface area contributed by atoms with Gasteiger partial charge in [0.15, 0.2) is 12.0 Å². The van der Waals surface area contributed by atoms with E-state index in [1.54, 1.807) is 6.07 Å². The number of carbonyl (C=O) groups is 1. The van der Waals surface area contributed by atoms with Crippen LogP contribution in [0.4, 0.5) is 14.5 Å². The smallest absolute Gasteiger partial charge is 0.274 e. The zero-order valence-electron chi connectivity index (χ0n) is 14.5. The molecule has 1 fully saturated rings. The van der Waals surface area contributed by atoms with Crippen LogP contribution in [-0.2, 0) is 0 Å². The summed E-state index contributed by atoms with van der Waals surface area (Å²) >= 11 is 6.78. The van der Waals surface area contributed by atoms with E-state index in [-0.39, 0.29) is 23.4 Å². The van der Waals surface area contributed by atoms with Crippen LogP contribution in [0.3, 0.4) is 0 Å². The molecule has 0 aliphatic heterocycles. The molecule has 2 atom stereocenters. The van der Waals surface area contributed by atoms with Crippen LogP contribution in [0, 0.1) is 5.82 Å². The normalized spacial score (nSPS) is 21.4. The van der Waals surface area contributed by atoms with E-state index in [0.717, 1.165) is 11.8 Å². The third-order valence-corrected chi connectivity index (χ3v) is 5.95. The summed E-state index contributed by atoms with van der Waals surface area (Å²) < 4.78 is 25.9. The molecule has 1 aromatic heterocycles. The van der Waals surface area contributed by atoms with Crippen molar-refractivity contribution in [2.75, 3.05) is 18.7 Å².